The number of piperidine rings is 1. The third kappa shape index (κ3) is 4.81. The molecule has 1 aromatic carbocycles. The molecule has 150 valence electrons. The number of thioether (sulfide) groups is 1. The Morgan fingerprint density at radius 3 is 2.54 bits per heavy atom. The molecule has 0 radical (unpaired) electrons. The smallest absolute Gasteiger partial charge is 0.274 e. The number of hydrogen-bond donors (Lipinski definition) is 2. The molecule has 2 heterocycles. The second kappa shape index (κ2) is 8.89. The van der Waals surface area contributed by atoms with Crippen molar-refractivity contribution in [1.29, 1.82) is 0 Å². The van der Waals surface area contributed by atoms with Crippen LogP contribution in [0.15, 0.2) is 40.0 Å². The zero-order chi connectivity index (χ0) is 20.1. The average Bonchev–Trinajstić information content (AvgIpc) is 2.69. The van der Waals surface area contributed by atoms with E-state index in [1.165, 1.54) is 40.3 Å². The zero-order valence-corrected chi connectivity index (χ0v) is 17.1. The van der Waals surface area contributed by atoms with Crippen molar-refractivity contribution in [2.45, 2.75) is 29.9 Å². The summed E-state index contributed by atoms with van der Waals surface area (Å²) in [6.07, 6.45) is 4.66. The van der Waals surface area contributed by atoms with Crippen LogP contribution in [0, 0.1) is 0 Å². The fraction of sp³-hybridized carbons (Fsp3) is 0.389. The zero-order valence-electron chi connectivity index (χ0n) is 15.5. The summed E-state index contributed by atoms with van der Waals surface area (Å²) in [5.41, 5.74) is 0.0427. The number of benzene rings is 1. The lowest BCUT2D eigenvalue weighted by Gasteiger charge is -2.25. The third-order valence-electron chi connectivity index (χ3n) is 4.37. The lowest BCUT2D eigenvalue weighted by Crippen LogP contribution is -2.35. The number of aromatic amines is 1. The summed E-state index contributed by atoms with van der Waals surface area (Å²) >= 11 is 1.48. The Bertz CT molecular complexity index is 997. The Morgan fingerprint density at radius 1 is 1.21 bits per heavy atom. The van der Waals surface area contributed by atoms with Crippen molar-refractivity contribution in [3.05, 3.63) is 52.2 Å². The van der Waals surface area contributed by atoms with E-state index in [0.29, 0.717) is 30.4 Å². The molecule has 2 N–H and O–H groups in total. The summed E-state index contributed by atoms with van der Waals surface area (Å²) in [6.45, 7) is 1.07. The fourth-order valence-corrected chi connectivity index (χ4v) is 4.92. The van der Waals surface area contributed by atoms with Crippen molar-refractivity contribution in [3.8, 4) is 0 Å². The molecule has 28 heavy (non-hydrogen) atoms. The predicted octanol–water partition coefficient (Wildman–Crippen LogP) is 2.06. The number of hydrogen-bond acceptors (Lipinski definition) is 6. The maximum atomic E-state index is 12.7. The number of nitrogens with one attached hydrogen (secondary N) is 2. The van der Waals surface area contributed by atoms with Gasteiger partial charge in [0.1, 0.15) is 11.5 Å². The van der Waals surface area contributed by atoms with Crippen LogP contribution in [0.3, 0.4) is 0 Å². The third-order valence-corrected chi connectivity index (χ3v) is 6.84. The van der Waals surface area contributed by atoms with Crippen molar-refractivity contribution in [3.63, 3.8) is 0 Å². The van der Waals surface area contributed by atoms with Crippen LogP contribution in [0.1, 0.15) is 35.6 Å². The molecular weight excluding hydrogens is 400 g/mol. The molecule has 1 saturated heterocycles. The van der Waals surface area contributed by atoms with Gasteiger partial charge in [0.2, 0.25) is 10.0 Å². The number of carbonyl (C=O) groups is 1. The number of nitrogens with zero attached hydrogens (tertiary/aromatic N) is 2. The maximum absolute atomic E-state index is 12.7. The van der Waals surface area contributed by atoms with Crippen molar-refractivity contribution >= 4 is 33.4 Å². The first kappa shape index (κ1) is 20.6. The lowest BCUT2D eigenvalue weighted by molar-refractivity contribution is 0.102. The fourth-order valence-electron chi connectivity index (χ4n) is 2.99. The summed E-state index contributed by atoms with van der Waals surface area (Å²) in [7, 11) is -3.52. The number of amides is 1. The SMILES string of the molecule is CSCc1nc(C(=O)Nc2ccc(S(=O)(=O)N3CCCCC3)cc2)cc(=O)[nH]1. The van der Waals surface area contributed by atoms with Crippen molar-refractivity contribution in [1.82, 2.24) is 14.3 Å². The minimum atomic E-state index is -3.52. The molecule has 8 nitrogen and oxygen atoms in total. The Labute approximate surface area is 167 Å². The van der Waals surface area contributed by atoms with E-state index in [4.69, 9.17) is 0 Å². The van der Waals surface area contributed by atoms with Gasteiger partial charge >= 0.3 is 0 Å². The highest BCUT2D eigenvalue weighted by molar-refractivity contribution is 7.97. The van der Waals surface area contributed by atoms with Gasteiger partial charge in [-0.3, -0.25) is 9.59 Å². The predicted molar refractivity (Wildman–Crippen MR) is 109 cm³/mol. The van der Waals surface area contributed by atoms with E-state index in [9.17, 15) is 18.0 Å². The van der Waals surface area contributed by atoms with Crippen molar-refractivity contribution < 1.29 is 13.2 Å². The van der Waals surface area contributed by atoms with Crippen LogP contribution in [0.4, 0.5) is 5.69 Å². The molecule has 3 rings (SSSR count). The number of rotatable bonds is 6. The van der Waals surface area contributed by atoms with Crippen molar-refractivity contribution in [2.24, 2.45) is 0 Å². The first-order valence-electron chi connectivity index (χ1n) is 8.91. The van der Waals surface area contributed by atoms with Crippen LogP contribution in [0.2, 0.25) is 0 Å². The lowest BCUT2D eigenvalue weighted by atomic mass is 10.2. The molecule has 0 aliphatic carbocycles. The number of carbonyl (C=O) groups excluding carboxylic acids is 1. The van der Waals surface area contributed by atoms with E-state index in [1.807, 2.05) is 6.26 Å². The van der Waals surface area contributed by atoms with Gasteiger partial charge in [0.25, 0.3) is 11.5 Å². The monoisotopic (exact) mass is 422 g/mol. The Balaban J connectivity index is 1.74. The quantitative estimate of drug-likeness (QED) is 0.737. The van der Waals surface area contributed by atoms with E-state index in [0.717, 1.165) is 25.3 Å². The van der Waals surface area contributed by atoms with Crippen LogP contribution in [0.25, 0.3) is 0 Å². The minimum absolute atomic E-state index is 0.0119. The van der Waals surface area contributed by atoms with Crippen LogP contribution < -0.4 is 10.9 Å². The van der Waals surface area contributed by atoms with Gasteiger partial charge in [-0.2, -0.15) is 16.1 Å². The topological polar surface area (TPSA) is 112 Å². The van der Waals surface area contributed by atoms with Gasteiger partial charge in [0, 0.05) is 24.8 Å². The molecule has 0 atom stereocenters. The summed E-state index contributed by atoms with van der Waals surface area (Å²) < 4.78 is 26.8. The second-order valence-corrected chi connectivity index (χ2v) is 9.26. The van der Waals surface area contributed by atoms with Gasteiger partial charge in [-0.1, -0.05) is 6.42 Å². The molecule has 1 aliphatic rings. The second-order valence-electron chi connectivity index (χ2n) is 6.45. The van der Waals surface area contributed by atoms with Crippen LogP contribution in [0.5, 0.6) is 0 Å². The molecule has 10 heteroatoms. The van der Waals surface area contributed by atoms with E-state index in [1.54, 1.807) is 0 Å². The molecular formula is C18H22N4O4S2. The number of aromatic nitrogens is 2. The van der Waals surface area contributed by atoms with Crippen LogP contribution in [-0.4, -0.2) is 47.9 Å². The van der Waals surface area contributed by atoms with Crippen LogP contribution >= 0.6 is 11.8 Å². The molecule has 1 fully saturated rings. The number of H-pyrrole nitrogens is 1. The van der Waals surface area contributed by atoms with Gasteiger partial charge in [-0.05, 0) is 43.4 Å². The van der Waals surface area contributed by atoms with E-state index >= 15 is 0 Å². The van der Waals surface area contributed by atoms with Crippen molar-refractivity contribution in [2.75, 3.05) is 24.7 Å². The molecule has 1 amide bonds. The average molecular weight is 423 g/mol. The standard InChI is InChI=1S/C18H22N4O4S2/c1-27-12-16-20-15(11-17(23)21-16)18(24)19-13-5-7-14(8-6-13)28(25,26)22-9-3-2-4-10-22/h5-8,11H,2-4,9-10,12H2,1H3,(H,19,24)(H,20,21,23). The van der Waals surface area contributed by atoms with E-state index in [2.05, 4.69) is 15.3 Å². The van der Waals surface area contributed by atoms with Gasteiger partial charge in [0.15, 0.2) is 0 Å². The van der Waals surface area contributed by atoms with Crippen LogP contribution in [-0.2, 0) is 15.8 Å². The molecule has 0 unspecified atom stereocenters. The largest absolute Gasteiger partial charge is 0.321 e. The molecule has 2 aromatic rings. The summed E-state index contributed by atoms with van der Waals surface area (Å²) in [4.78, 5) is 31.0. The molecule has 0 spiro atoms. The molecule has 1 aliphatic heterocycles. The highest BCUT2D eigenvalue weighted by Gasteiger charge is 2.25. The highest BCUT2D eigenvalue weighted by Crippen LogP contribution is 2.22. The Hall–Kier alpha value is -2.17. The van der Waals surface area contributed by atoms with E-state index in [-0.39, 0.29) is 10.6 Å². The van der Waals surface area contributed by atoms with E-state index < -0.39 is 21.5 Å². The maximum Gasteiger partial charge on any atom is 0.274 e. The minimum Gasteiger partial charge on any atom is -0.321 e. The number of anilines is 1. The molecule has 1 aromatic heterocycles. The summed E-state index contributed by atoms with van der Waals surface area (Å²) in [6, 6.07) is 7.15. The van der Waals surface area contributed by atoms with Gasteiger partial charge in [-0.15, -0.1) is 0 Å². The first-order chi connectivity index (χ1) is 13.4. The Kier molecular flexibility index (Phi) is 6.53. The highest BCUT2D eigenvalue weighted by atomic mass is 32.2. The van der Waals surface area contributed by atoms with Gasteiger partial charge in [0.05, 0.1) is 10.6 Å². The molecule has 0 bridgehead atoms. The normalized spacial score (nSPS) is 15.3. The van der Waals surface area contributed by atoms with Gasteiger partial charge < -0.3 is 10.3 Å². The van der Waals surface area contributed by atoms with Gasteiger partial charge in [-0.25, -0.2) is 13.4 Å². The first-order valence-corrected chi connectivity index (χ1v) is 11.7. The summed E-state index contributed by atoms with van der Waals surface area (Å²) in [5, 5.41) is 2.64. The Morgan fingerprint density at radius 2 is 1.89 bits per heavy atom. The summed E-state index contributed by atoms with van der Waals surface area (Å²) in [5.74, 6) is 0.382. The number of sulfonamides is 1. The molecule has 0 saturated carbocycles.